The third kappa shape index (κ3) is 3.28. The number of nitrogens with zero attached hydrogens (tertiary/aromatic N) is 1. The van der Waals surface area contributed by atoms with E-state index in [9.17, 15) is 0 Å². The van der Waals surface area contributed by atoms with E-state index < -0.39 is 0 Å². The first-order valence-electron chi connectivity index (χ1n) is 5.81. The van der Waals surface area contributed by atoms with E-state index in [1.165, 1.54) is 34.8 Å². The van der Waals surface area contributed by atoms with Gasteiger partial charge < -0.3 is 5.32 Å². The third-order valence-corrected chi connectivity index (χ3v) is 3.93. The van der Waals surface area contributed by atoms with Crippen molar-refractivity contribution in [3.05, 3.63) is 15.6 Å². The van der Waals surface area contributed by atoms with Crippen molar-refractivity contribution < 1.29 is 0 Å². The first kappa shape index (κ1) is 11.1. The van der Waals surface area contributed by atoms with E-state index in [0.717, 1.165) is 12.5 Å². The molecule has 1 aromatic heterocycles. The second-order valence-corrected chi connectivity index (χ2v) is 6.10. The van der Waals surface area contributed by atoms with Crippen molar-refractivity contribution in [1.82, 2.24) is 10.3 Å². The lowest BCUT2D eigenvalue weighted by molar-refractivity contribution is 0.484. The van der Waals surface area contributed by atoms with Gasteiger partial charge in [-0.2, -0.15) is 0 Å². The van der Waals surface area contributed by atoms with Crippen molar-refractivity contribution in [3.8, 4) is 0 Å². The van der Waals surface area contributed by atoms with Gasteiger partial charge in [0, 0.05) is 17.5 Å². The van der Waals surface area contributed by atoms with Crippen LogP contribution in [0.2, 0.25) is 0 Å². The van der Waals surface area contributed by atoms with Gasteiger partial charge in [-0.3, -0.25) is 0 Å². The van der Waals surface area contributed by atoms with Crippen LogP contribution >= 0.6 is 11.3 Å². The lowest BCUT2D eigenvalue weighted by Crippen LogP contribution is -2.26. The molecule has 3 heteroatoms. The summed E-state index contributed by atoms with van der Waals surface area (Å²) in [6.07, 6.45) is 4.23. The molecule has 0 aliphatic heterocycles. The van der Waals surface area contributed by atoms with Crippen LogP contribution < -0.4 is 5.32 Å². The highest BCUT2D eigenvalue weighted by molar-refractivity contribution is 7.11. The first-order valence-corrected chi connectivity index (χ1v) is 6.63. The molecule has 0 aromatic carbocycles. The van der Waals surface area contributed by atoms with Crippen LogP contribution in [0.5, 0.6) is 0 Å². The Balaban J connectivity index is 1.78. The van der Waals surface area contributed by atoms with E-state index in [0.29, 0.717) is 6.04 Å². The lowest BCUT2D eigenvalue weighted by atomic mass is 10.1. The summed E-state index contributed by atoms with van der Waals surface area (Å²) in [5, 5.41) is 4.75. The molecule has 15 heavy (non-hydrogen) atoms. The smallest absolute Gasteiger partial charge is 0.0900 e. The predicted octanol–water partition coefficient (Wildman–Crippen LogP) is 3.04. The van der Waals surface area contributed by atoms with Crippen LogP contribution in [0.25, 0.3) is 0 Å². The van der Waals surface area contributed by atoms with Crippen LogP contribution in [0.1, 0.15) is 41.8 Å². The molecule has 1 heterocycles. The molecule has 0 radical (unpaired) electrons. The summed E-state index contributed by atoms with van der Waals surface area (Å²) in [6, 6.07) is 0.638. The third-order valence-electron chi connectivity index (χ3n) is 3.00. The second-order valence-electron chi connectivity index (χ2n) is 4.70. The number of aryl methyl sites for hydroxylation is 2. The average molecular weight is 224 g/mol. The molecule has 1 aliphatic rings. The number of nitrogens with one attached hydrogen (secondary N) is 1. The monoisotopic (exact) mass is 224 g/mol. The Hall–Kier alpha value is -0.410. The van der Waals surface area contributed by atoms with Gasteiger partial charge in [-0.05, 0) is 33.1 Å². The van der Waals surface area contributed by atoms with Crippen LogP contribution in [0.4, 0.5) is 0 Å². The minimum atomic E-state index is 0.638. The topological polar surface area (TPSA) is 24.9 Å². The maximum absolute atomic E-state index is 4.53. The van der Waals surface area contributed by atoms with Crippen LogP contribution in [0.3, 0.4) is 0 Å². The maximum Gasteiger partial charge on any atom is 0.0900 e. The Kier molecular flexibility index (Phi) is 3.42. The van der Waals surface area contributed by atoms with Gasteiger partial charge >= 0.3 is 0 Å². The molecule has 1 atom stereocenters. The number of hydrogen-bond donors (Lipinski definition) is 1. The first-order chi connectivity index (χ1) is 7.15. The van der Waals surface area contributed by atoms with Crippen molar-refractivity contribution in [2.24, 2.45) is 5.92 Å². The van der Waals surface area contributed by atoms with Crippen molar-refractivity contribution >= 4 is 11.3 Å². The van der Waals surface area contributed by atoms with Crippen LogP contribution in [-0.4, -0.2) is 11.0 Å². The van der Waals surface area contributed by atoms with Crippen molar-refractivity contribution in [2.45, 2.75) is 52.6 Å². The molecule has 2 nitrogen and oxygen atoms in total. The van der Waals surface area contributed by atoms with E-state index in [-0.39, 0.29) is 0 Å². The summed E-state index contributed by atoms with van der Waals surface area (Å²) in [5.74, 6) is 1.01. The van der Waals surface area contributed by atoms with Gasteiger partial charge in [0.1, 0.15) is 0 Å². The molecule has 2 rings (SSSR count). The summed E-state index contributed by atoms with van der Waals surface area (Å²) in [7, 11) is 0. The summed E-state index contributed by atoms with van der Waals surface area (Å²) < 4.78 is 0. The van der Waals surface area contributed by atoms with E-state index in [1.807, 2.05) is 0 Å². The fraction of sp³-hybridized carbons (Fsp3) is 0.750. The van der Waals surface area contributed by atoms with Crippen molar-refractivity contribution in [3.63, 3.8) is 0 Å². The number of aromatic nitrogens is 1. The molecule has 0 spiro atoms. The maximum atomic E-state index is 4.53. The summed E-state index contributed by atoms with van der Waals surface area (Å²) >= 11 is 1.80. The summed E-state index contributed by atoms with van der Waals surface area (Å²) in [4.78, 5) is 5.89. The molecule has 0 saturated heterocycles. The second kappa shape index (κ2) is 4.62. The highest BCUT2D eigenvalue weighted by Crippen LogP contribution is 2.33. The molecule has 1 fully saturated rings. The SMILES string of the molecule is Cc1nc(CNC(C)CC2CC2)c(C)s1. The molecular formula is C12H20N2S. The van der Waals surface area contributed by atoms with Crippen molar-refractivity contribution in [2.75, 3.05) is 0 Å². The molecule has 1 N–H and O–H groups in total. The van der Waals surface area contributed by atoms with Gasteiger partial charge in [0.05, 0.1) is 10.7 Å². The Morgan fingerprint density at radius 1 is 1.47 bits per heavy atom. The van der Waals surface area contributed by atoms with E-state index in [4.69, 9.17) is 0 Å². The van der Waals surface area contributed by atoms with E-state index in [1.54, 1.807) is 11.3 Å². The van der Waals surface area contributed by atoms with Gasteiger partial charge in [-0.1, -0.05) is 12.8 Å². The van der Waals surface area contributed by atoms with Gasteiger partial charge in [-0.15, -0.1) is 11.3 Å². The fourth-order valence-corrected chi connectivity index (χ4v) is 2.78. The lowest BCUT2D eigenvalue weighted by Gasteiger charge is -2.12. The normalized spacial score (nSPS) is 18.1. The fourth-order valence-electron chi connectivity index (χ4n) is 1.94. The van der Waals surface area contributed by atoms with E-state index in [2.05, 4.69) is 31.1 Å². The quantitative estimate of drug-likeness (QED) is 0.831. The highest BCUT2D eigenvalue weighted by Gasteiger charge is 2.23. The van der Waals surface area contributed by atoms with Crippen LogP contribution in [-0.2, 0) is 6.54 Å². The van der Waals surface area contributed by atoms with E-state index >= 15 is 0 Å². The van der Waals surface area contributed by atoms with Gasteiger partial charge in [0.2, 0.25) is 0 Å². The Morgan fingerprint density at radius 3 is 2.73 bits per heavy atom. The standard InChI is InChI=1S/C12H20N2S/c1-8(6-11-4-5-11)13-7-12-9(2)15-10(3)14-12/h8,11,13H,4-7H2,1-3H3. The van der Waals surface area contributed by atoms with Crippen LogP contribution in [0.15, 0.2) is 0 Å². The minimum Gasteiger partial charge on any atom is -0.309 e. The van der Waals surface area contributed by atoms with Gasteiger partial charge in [0.15, 0.2) is 0 Å². The number of hydrogen-bond acceptors (Lipinski definition) is 3. The molecule has 0 bridgehead atoms. The molecule has 0 amide bonds. The zero-order valence-electron chi connectivity index (χ0n) is 9.84. The average Bonchev–Trinajstić information content (AvgIpc) is 2.89. The molecule has 1 saturated carbocycles. The molecule has 1 aromatic rings. The molecule has 84 valence electrons. The molecule has 1 unspecified atom stereocenters. The number of thiazole rings is 1. The number of rotatable bonds is 5. The Labute approximate surface area is 96.1 Å². The largest absolute Gasteiger partial charge is 0.309 e. The molecule has 1 aliphatic carbocycles. The van der Waals surface area contributed by atoms with Gasteiger partial charge in [0.25, 0.3) is 0 Å². The van der Waals surface area contributed by atoms with Gasteiger partial charge in [-0.25, -0.2) is 4.98 Å². The predicted molar refractivity (Wildman–Crippen MR) is 65.2 cm³/mol. The Morgan fingerprint density at radius 2 is 2.20 bits per heavy atom. The summed E-state index contributed by atoms with van der Waals surface area (Å²) in [5.41, 5.74) is 1.24. The molecular weight excluding hydrogens is 204 g/mol. The van der Waals surface area contributed by atoms with Crippen molar-refractivity contribution in [1.29, 1.82) is 0 Å². The zero-order valence-corrected chi connectivity index (χ0v) is 10.7. The summed E-state index contributed by atoms with van der Waals surface area (Å²) in [6.45, 7) is 7.46. The van der Waals surface area contributed by atoms with Crippen LogP contribution in [0, 0.1) is 19.8 Å². The zero-order chi connectivity index (χ0) is 10.8. The minimum absolute atomic E-state index is 0.638. The highest BCUT2D eigenvalue weighted by atomic mass is 32.1. The Bertz CT molecular complexity index is 328.